The maximum absolute atomic E-state index is 5.45. The minimum absolute atomic E-state index is 0.168. The molecule has 0 amide bonds. The molecule has 0 rings (SSSR count). The first kappa shape index (κ1) is 8.66. The number of hydrogen-bond acceptors (Lipinski definition) is 2. The molecule has 2 nitrogen and oxygen atoms in total. The van der Waals surface area contributed by atoms with Crippen LogP contribution in [-0.4, -0.2) is 19.8 Å². The molecule has 2 heteroatoms. The third-order valence-corrected chi connectivity index (χ3v) is 0.928. The Labute approximate surface area is 56.7 Å². The molecule has 0 bridgehead atoms. The summed E-state index contributed by atoms with van der Waals surface area (Å²) in [5.41, 5.74) is 5.45. The van der Waals surface area contributed by atoms with Gasteiger partial charge in [-0.25, -0.2) is 0 Å². The molecule has 1 unspecified atom stereocenters. The van der Waals surface area contributed by atoms with Crippen molar-refractivity contribution in [1.82, 2.24) is 0 Å². The topological polar surface area (TPSA) is 35.2 Å². The molecule has 0 aromatic heterocycles. The van der Waals surface area contributed by atoms with Crippen molar-refractivity contribution < 1.29 is 4.74 Å². The minimum Gasteiger partial charge on any atom is -0.384 e. The Morgan fingerprint density at radius 1 is 1.67 bits per heavy atom. The van der Waals surface area contributed by atoms with Crippen molar-refractivity contribution in [3.63, 3.8) is 0 Å². The van der Waals surface area contributed by atoms with Gasteiger partial charge in [-0.1, -0.05) is 12.2 Å². The Morgan fingerprint density at radius 3 is 2.78 bits per heavy atom. The van der Waals surface area contributed by atoms with Gasteiger partial charge in [-0.15, -0.1) is 0 Å². The van der Waals surface area contributed by atoms with Crippen molar-refractivity contribution in [2.24, 2.45) is 5.73 Å². The van der Waals surface area contributed by atoms with Crippen molar-refractivity contribution >= 4 is 0 Å². The Hall–Kier alpha value is -0.340. The zero-order valence-electron chi connectivity index (χ0n) is 6.13. The van der Waals surface area contributed by atoms with Crippen LogP contribution < -0.4 is 5.73 Å². The highest BCUT2D eigenvalue weighted by atomic mass is 16.5. The molecule has 0 heterocycles. The number of ether oxygens (including phenoxy) is 1. The lowest BCUT2D eigenvalue weighted by Gasteiger charge is -1.94. The second kappa shape index (κ2) is 5.79. The molecule has 54 valence electrons. The minimum atomic E-state index is 0.168. The van der Waals surface area contributed by atoms with Gasteiger partial charge in [-0.3, -0.25) is 0 Å². The van der Waals surface area contributed by atoms with Gasteiger partial charge in [-0.2, -0.15) is 0 Å². The van der Waals surface area contributed by atoms with E-state index in [4.69, 9.17) is 10.5 Å². The van der Waals surface area contributed by atoms with Gasteiger partial charge in [-0.05, 0) is 13.3 Å². The number of hydrogen-bond donors (Lipinski definition) is 1. The largest absolute Gasteiger partial charge is 0.384 e. The molecule has 1 atom stereocenters. The zero-order chi connectivity index (χ0) is 7.11. The summed E-state index contributed by atoms with van der Waals surface area (Å²) >= 11 is 0. The zero-order valence-corrected chi connectivity index (χ0v) is 6.13. The van der Waals surface area contributed by atoms with Crippen LogP contribution in [0, 0.1) is 0 Å². The molecule has 0 aliphatic carbocycles. The molecule has 0 fully saturated rings. The average molecular weight is 129 g/mol. The van der Waals surface area contributed by atoms with Crippen LogP contribution >= 0.6 is 0 Å². The highest BCUT2D eigenvalue weighted by Gasteiger charge is 1.81. The summed E-state index contributed by atoms with van der Waals surface area (Å²) in [5.74, 6) is 0. The highest BCUT2D eigenvalue weighted by Crippen LogP contribution is 1.85. The fourth-order valence-electron chi connectivity index (χ4n) is 0.497. The molecule has 0 aliphatic heterocycles. The lowest BCUT2D eigenvalue weighted by molar-refractivity contribution is 0.204. The lowest BCUT2D eigenvalue weighted by Crippen LogP contribution is -2.10. The van der Waals surface area contributed by atoms with E-state index in [1.54, 1.807) is 7.11 Å². The van der Waals surface area contributed by atoms with Crippen LogP contribution in [0.2, 0.25) is 0 Å². The van der Waals surface area contributed by atoms with E-state index in [-0.39, 0.29) is 6.04 Å². The molecule has 0 saturated carbocycles. The van der Waals surface area contributed by atoms with E-state index in [1.807, 2.05) is 19.1 Å². The first-order chi connectivity index (χ1) is 4.27. The van der Waals surface area contributed by atoms with Crippen LogP contribution in [0.15, 0.2) is 12.2 Å². The van der Waals surface area contributed by atoms with E-state index < -0.39 is 0 Å². The van der Waals surface area contributed by atoms with E-state index in [0.717, 1.165) is 13.0 Å². The Kier molecular flexibility index (Phi) is 5.57. The maximum atomic E-state index is 5.45. The van der Waals surface area contributed by atoms with Crippen molar-refractivity contribution in [2.75, 3.05) is 13.7 Å². The van der Waals surface area contributed by atoms with Gasteiger partial charge in [0.25, 0.3) is 0 Å². The maximum Gasteiger partial charge on any atom is 0.0496 e. The smallest absolute Gasteiger partial charge is 0.0496 e. The number of methoxy groups -OCH3 is 1. The van der Waals surface area contributed by atoms with E-state index in [9.17, 15) is 0 Å². The first-order valence-electron chi connectivity index (χ1n) is 3.18. The molecule has 0 aromatic rings. The monoisotopic (exact) mass is 129 g/mol. The van der Waals surface area contributed by atoms with Crippen LogP contribution in [0.4, 0.5) is 0 Å². The normalized spacial score (nSPS) is 14.6. The second-order valence-corrected chi connectivity index (χ2v) is 2.07. The molecule has 0 spiro atoms. The number of nitrogens with two attached hydrogens (primary N) is 1. The number of rotatable bonds is 4. The van der Waals surface area contributed by atoms with Crippen LogP contribution in [0.25, 0.3) is 0 Å². The highest BCUT2D eigenvalue weighted by molar-refractivity contribution is 4.88. The van der Waals surface area contributed by atoms with Crippen molar-refractivity contribution in [3.8, 4) is 0 Å². The first-order valence-corrected chi connectivity index (χ1v) is 3.18. The van der Waals surface area contributed by atoms with Gasteiger partial charge in [0.2, 0.25) is 0 Å². The predicted molar refractivity (Wildman–Crippen MR) is 39.3 cm³/mol. The van der Waals surface area contributed by atoms with Crippen LogP contribution in [-0.2, 0) is 4.74 Å². The molecule has 0 saturated heterocycles. The molecule has 0 aliphatic rings. The van der Waals surface area contributed by atoms with Crippen molar-refractivity contribution in [3.05, 3.63) is 12.2 Å². The van der Waals surface area contributed by atoms with E-state index in [2.05, 4.69) is 0 Å². The molecule has 2 N–H and O–H groups in total. The SMILES string of the molecule is COCC/C=C/C(C)N. The Bertz CT molecular complexity index is 79.0. The fourth-order valence-corrected chi connectivity index (χ4v) is 0.497. The van der Waals surface area contributed by atoms with Crippen LogP contribution in [0.3, 0.4) is 0 Å². The van der Waals surface area contributed by atoms with Gasteiger partial charge in [0.1, 0.15) is 0 Å². The lowest BCUT2D eigenvalue weighted by atomic mass is 10.3. The van der Waals surface area contributed by atoms with Crippen LogP contribution in [0.1, 0.15) is 13.3 Å². The average Bonchev–Trinajstić information content (AvgIpc) is 1.80. The molecule has 0 aromatic carbocycles. The summed E-state index contributed by atoms with van der Waals surface area (Å²) in [6, 6.07) is 0.168. The molecular formula is C7H15NO. The van der Waals surface area contributed by atoms with Gasteiger partial charge >= 0.3 is 0 Å². The summed E-state index contributed by atoms with van der Waals surface area (Å²) in [7, 11) is 1.69. The third-order valence-electron chi connectivity index (χ3n) is 0.928. The van der Waals surface area contributed by atoms with Crippen LogP contribution in [0.5, 0.6) is 0 Å². The molecule has 0 radical (unpaired) electrons. The van der Waals surface area contributed by atoms with Gasteiger partial charge in [0.15, 0.2) is 0 Å². The van der Waals surface area contributed by atoms with E-state index in [1.165, 1.54) is 0 Å². The standard InChI is InChI=1S/C7H15NO/c1-7(8)5-3-4-6-9-2/h3,5,7H,4,6,8H2,1-2H3/b5-3+. The molecular weight excluding hydrogens is 114 g/mol. The predicted octanol–water partition coefficient (Wildman–Crippen LogP) is 0.926. The van der Waals surface area contributed by atoms with Crippen molar-refractivity contribution in [2.45, 2.75) is 19.4 Å². The summed E-state index contributed by atoms with van der Waals surface area (Å²) in [6.45, 7) is 2.73. The van der Waals surface area contributed by atoms with E-state index in [0.29, 0.717) is 0 Å². The van der Waals surface area contributed by atoms with Gasteiger partial charge < -0.3 is 10.5 Å². The Balaban J connectivity index is 3.04. The molecule has 9 heavy (non-hydrogen) atoms. The third kappa shape index (κ3) is 7.66. The summed E-state index contributed by atoms with van der Waals surface area (Å²) in [6.07, 6.45) is 4.96. The fraction of sp³-hybridized carbons (Fsp3) is 0.714. The van der Waals surface area contributed by atoms with Gasteiger partial charge in [0.05, 0.1) is 0 Å². The van der Waals surface area contributed by atoms with Crippen molar-refractivity contribution in [1.29, 1.82) is 0 Å². The summed E-state index contributed by atoms with van der Waals surface area (Å²) in [4.78, 5) is 0. The van der Waals surface area contributed by atoms with Gasteiger partial charge in [0, 0.05) is 19.8 Å². The Morgan fingerprint density at radius 2 is 2.33 bits per heavy atom. The second-order valence-electron chi connectivity index (χ2n) is 2.07. The van der Waals surface area contributed by atoms with E-state index >= 15 is 0 Å². The summed E-state index contributed by atoms with van der Waals surface area (Å²) in [5, 5.41) is 0. The summed E-state index contributed by atoms with van der Waals surface area (Å²) < 4.78 is 4.83. The quantitative estimate of drug-likeness (QED) is 0.452.